The van der Waals surface area contributed by atoms with E-state index in [9.17, 15) is 5.11 Å². The number of nitrogens with zero attached hydrogens (tertiary/aromatic N) is 3. The molecule has 3 aromatic rings. The van der Waals surface area contributed by atoms with Crippen LogP contribution in [0.15, 0.2) is 47.1 Å². The van der Waals surface area contributed by atoms with E-state index in [0.717, 1.165) is 25.0 Å². The van der Waals surface area contributed by atoms with E-state index in [1.54, 1.807) is 18.2 Å². The minimum atomic E-state index is 0.202. The molecule has 112 valence electrons. The van der Waals surface area contributed by atoms with Crippen LogP contribution < -0.4 is 0 Å². The SMILES string of the molecule is Oc1ccc2nc(CN3CCC(c4cccnc4)C3)oc2c1. The molecule has 1 aliphatic heterocycles. The zero-order chi connectivity index (χ0) is 14.9. The summed E-state index contributed by atoms with van der Waals surface area (Å²) in [5.74, 6) is 1.43. The van der Waals surface area contributed by atoms with Gasteiger partial charge in [0.15, 0.2) is 5.58 Å². The van der Waals surface area contributed by atoms with Gasteiger partial charge in [-0.3, -0.25) is 9.88 Å². The highest BCUT2D eigenvalue weighted by Crippen LogP contribution is 2.28. The van der Waals surface area contributed by atoms with Gasteiger partial charge in [0, 0.05) is 25.0 Å². The van der Waals surface area contributed by atoms with Crippen molar-refractivity contribution in [2.75, 3.05) is 13.1 Å². The first kappa shape index (κ1) is 13.3. The molecule has 1 saturated heterocycles. The molecule has 0 radical (unpaired) electrons. The van der Waals surface area contributed by atoms with Crippen molar-refractivity contribution >= 4 is 11.1 Å². The fraction of sp³-hybridized carbons (Fsp3) is 0.294. The Labute approximate surface area is 128 Å². The van der Waals surface area contributed by atoms with E-state index in [1.165, 1.54) is 5.56 Å². The van der Waals surface area contributed by atoms with Crippen LogP contribution in [0, 0.1) is 0 Å². The molecular weight excluding hydrogens is 278 g/mol. The monoisotopic (exact) mass is 295 g/mol. The second-order valence-electron chi connectivity index (χ2n) is 5.77. The average molecular weight is 295 g/mol. The van der Waals surface area contributed by atoms with E-state index in [0.29, 0.717) is 23.9 Å². The third kappa shape index (κ3) is 2.55. The molecule has 0 amide bonds. The van der Waals surface area contributed by atoms with Crippen LogP contribution in [0.2, 0.25) is 0 Å². The number of rotatable bonds is 3. The third-order valence-electron chi connectivity index (χ3n) is 4.20. The van der Waals surface area contributed by atoms with Gasteiger partial charge in [0.05, 0.1) is 6.54 Å². The molecule has 0 saturated carbocycles. The average Bonchev–Trinajstić information content (AvgIpc) is 3.14. The highest BCUT2D eigenvalue weighted by molar-refractivity contribution is 5.74. The van der Waals surface area contributed by atoms with Crippen LogP contribution in [0.3, 0.4) is 0 Å². The molecule has 5 heteroatoms. The van der Waals surface area contributed by atoms with Crippen LogP contribution in [0.4, 0.5) is 0 Å². The molecule has 1 unspecified atom stereocenters. The maximum atomic E-state index is 9.48. The second kappa shape index (κ2) is 5.42. The molecule has 1 N–H and O–H groups in total. The first-order valence-corrected chi connectivity index (χ1v) is 7.48. The summed E-state index contributed by atoms with van der Waals surface area (Å²) in [6.45, 7) is 2.73. The Hall–Kier alpha value is -2.40. The van der Waals surface area contributed by atoms with Gasteiger partial charge in [-0.1, -0.05) is 6.07 Å². The fourth-order valence-electron chi connectivity index (χ4n) is 3.09. The van der Waals surface area contributed by atoms with Gasteiger partial charge < -0.3 is 9.52 Å². The number of hydrogen-bond donors (Lipinski definition) is 1. The number of pyridine rings is 1. The molecule has 1 fully saturated rings. The van der Waals surface area contributed by atoms with Crippen LogP contribution in [0.1, 0.15) is 23.8 Å². The molecule has 1 aromatic carbocycles. The minimum Gasteiger partial charge on any atom is -0.508 e. The van der Waals surface area contributed by atoms with Crippen molar-refractivity contribution in [1.29, 1.82) is 0 Å². The standard InChI is InChI=1S/C17H17N3O2/c21-14-3-4-15-16(8-14)22-17(19-15)11-20-7-5-13(10-20)12-2-1-6-18-9-12/h1-4,6,8-9,13,21H,5,7,10-11H2. The molecule has 4 rings (SSSR count). The number of phenolic OH excluding ortho intramolecular Hbond substituents is 1. The number of benzene rings is 1. The van der Waals surface area contributed by atoms with Gasteiger partial charge in [-0.2, -0.15) is 0 Å². The van der Waals surface area contributed by atoms with Gasteiger partial charge >= 0.3 is 0 Å². The lowest BCUT2D eigenvalue weighted by Gasteiger charge is -2.13. The Balaban J connectivity index is 1.47. The Kier molecular flexibility index (Phi) is 3.27. The van der Waals surface area contributed by atoms with Crippen LogP contribution in [-0.4, -0.2) is 33.1 Å². The van der Waals surface area contributed by atoms with Crippen molar-refractivity contribution < 1.29 is 9.52 Å². The molecular formula is C17H17N3O2. The zero-order valence-corrected chi connectivity index (χ0v) is 12.1. The van der Waals surface area contributed by atoms with Crippen molar-refractivity contribution in [3.05, 3.63) is 54.2 Å². The molecule has 1 aliphatic rings. The van der Waals surface area contributed by atoms with Gasteiger partial charge in [0.25, 0.3) is 0 Å². The summed E-state index contributed by atoms with van der Waals surface area (Å²) in [7, 11) is 0. The van der Waals surface area contributed by atoms with E-state index in [4.69, 9.17) is 4.42 Å². The number of aromatic nitrogens is 2. The number of oxazole rings is 1. The summed E-state index contributed by atoms with van der Waals surface area (Å²) in [6.07, 6.45) is 4.90. The summed E-state index contributed by atoms with van der Waals surface area (Å²) in [5.41, 5.74) is 2.72. The van der Waals surface area contributed by atoms with Crippen LogP contribution >= 0.6 is 0 Å². The largest absolute Gasteiger partial charge is 0.508 e. The van der Waals surface area contributed by atoms with Gasteiger partial charge in [0.1, 0.15) is 11.3 Å². The third-order valence-corrected chi connectivity index (χ3v) is 4.20. The first-order chi connectivity index (χ1) is 10.8. The second-order valence-corrected chi connectivity index (χ2v) is 5.77. The maximum absolute atomic E-state index is 9.48. The number of phenols is 1. The summed E-state index contributed by atoms with van der Waals surface area (Å²) in [6, 6.07) is 9.14. The predicted molar refractivity (Wildman–Crippen MR) is 82.5 cm³/mol. The number of hydrogen-bond acceptors (Lipinski definition) is 5. The topological polar surface area (TPSA) is 62.4 Å². The van der Waals surface area contributed by atoms with E-state index in [2.05, 4.69) is 20.9 Å². The van der Waals surface area contributed by atoms with Crippen molar-refractivity contribution in [1.82, 2.24) is 14.9 Å². The number of likely N-dealkylation sites (tertiary alicyclic amines) is 1. The molecule has 5 nitrogen and oxygen atoms in total. The lowest BCUT2D eigenvalue weighted by atomic mass is 10.0. The predicted octanol–water partition coefficient (Wildman–Crippen LogP) is 2.92. The normalized spacial score (nSPS) is 19.0. The summed E-state index contributed by atoms with van der Waals surface area (Å²) < 4.78 is 5.73. The lowest BCUT2D eigenvalue weighted by molar-refractivity contribution is 0.291. The van der Waals surface area contributed by atoms with Gasteiger partial charge in [0.2, 0.25) is 5.89 Å². The molecule has 22 heavy (non-hydrogen) atoms. The maximum Gasteiger partial charge on any atom is 0.209 e. The van der Waals surface area contributed by atoms with Crippen molar-refractivity contribution in [2.24, 2.45) is 0 Å². The summed E-state index contributed by atoms with van der Waals surface area (Å²) in [5, 5.41) is 9.48. The smallest absolute Gasteiger partial charge is 0.209 e. The Morgan fingerprint density at radius 2 is 2.27 bits per heavy atom. The van der Waals surface area contributed by atoms with E-state index in [1.807, 2.05) is 18.5 Å². The van der Waals surface area contributed by atoms with E-state index in [-0.39, 0.29) is 5.75 Å². The molecule has 1 atom stereocenters. The Morgan fingerprint density at radius 3 is 3.14 bits per heavy atom. The highest BCUT2D eigenvalue weighted by Gasteiger charge is 2.25. The van der Waals surface area contributed by atoms with Gasteiger partial charge in [-0.05, 0) is 42.6 Å². The molecule has 2 aromatic heterocycles. The van der Waals surface area contributed by atoms with Crippen molar-refractivity contribution in [2.45, 2.75) is 18.9 Å². The minimum absolute atomic E-state index is 0.202. The van der Waals surface area contributed by atoms with Gasteiger partial charge in [-0.15, -0.1) is 0 Å². The van der Waals surface area contributed by atoms with Crippen molar-refractivity contribution in [3.63, 3.8) is 0 Å². The first-order valence-electron chi connectivity index (χ1n) is 7.48. The summed E-state index contributed by atoms with van der Waals surface area (Å²) >= 11 is 0. The zero-order valence-electron chi connectivity index (χ0n) is 12.1. The Morgan fingerprint density at radius 1 is 1.32 bits per heavy atom. The number of fused-ring (bicyclic) bond motifs is 1. The highest BCUT2D eigenvalue weighted by atomic mass is 16.3. The lowest BCUT2D eigenvalue weighted by Crippen LogP contribution is -2.19. The van der Waals surface area contributed by atoms with Crippen LogP contribution in [0.25, 0.3) is 11.1 Å². The van der Waals surface area contributed by atoms with Gasteiger partial charge in [-0.25, -0.2) is 4.98 Å². The molecule has 0 bridgehead atoms. The van der Waals surface area contributed by atoms with Crippen molar-refractivity contribution in [3.8, 4) is 5.75 Å². The quantitative estimate of drug-likeness (QED) is 0.805. The fourth-order valence-corrected chi connectivity index (χ4v) is 3.09. The van der Waals surface area contributed by atoms with Crippen LogP contribution in [-0.2, 0) is 6.54 Å². The van der Waals surface area contributed by atoms with E-state index >= 15 is 0 Å². The van der Waals surface area contributed by atoms with E-state index < -0.39 is 0 Å². The molecule has 0 aliphatic carbocycles. The molecule has 3 heterocycles. The Bertz CT molecular complexity index is 785. The molecule has 0 spiro atoms. The number of aromatic hydroxyl groups is 1. The van der Waals surface area contributed by atoms with Crippen LogP contribution in [0.5, 0.6) is 5.75 Å². The summed E-state index contributed by atoms with van der Waals surface area (Å²) in [4.78, 5) is 11.0.